The van der Waals surface area contributed by atoms with Crippen LogP contribution in [0.5, 0.6) is 0 Å². The molecular formula is C30H20Cl2F4N6O2. The van der Waals surface area contributed by atoms with Gasteiger partial charge in [0.25, 0.3) is 5.91 Å². The standard InChI is InChI=1S/C30H20Cl2F4N6O2/c31-15-1-3-21(32)20(10-15)26-25-22(40-28(43)13-7-14(30(34,35)36)9-16(33)8-13)11-19(17-2-4-24(38)39-23(17)12-37)18-5-6-42(27(18)25)29(44)41-26/h1-4,7-11,24,26,39H,5-6,38H2,(H,40,43)(H,41,44)/t24?,26-/m0/s1. The molecule has 44 heavy (non-hydrogen) atoms. The van der Waals surface area contributed by atoms with E-state index >= 15 is 0 Å². The summed E-state index contributed by atoms with van der Waals surface area (Å²) in [5, 5.41) is 18.8. The second-order valence-electron chi connectivity index (χ2n) is 10.3. The number of hydrogen-bond donors (Lipinski definition) is 4. The van der Waals surface area contributed by atoms with Crippen LogP contribution in [-0.4, -0.2) is 24.6 Å². The number of dihydropyridines is 1. The Kier molecular flexibility index (Phi) is 7.28. The molecule has 0 aromatic heterocycles. The Bertz CT molecular complexity index is 1870. The molecular weight excluding hydrogens is 623 g/mol. The number of amides is 3. The zero-order valence-corrected chi connectivity index (χ0v) is 23.8. The number of nitrogens with zero attached hydrogens (tertiary/aromatic N) is 2. The van der Waals surface area contributed by atoms with Crippen molar-refractivity contribution in [2.24, 2.45) is 5.73 Å². The summed E-state index contributed by atoms with van der Waals surface area (Å²) < 4.78 is 54.6. The molecule has 0 fully saturated rings. The maximum Gasteiger partial charge on any atom is 0.416 e. The summed E-state index contributed by atoms with van der Waals surface area (Å²) in [6.07, 6.45) is -1.88. The van der Waals surface area contributed by atoms with E-state index in [2.05, 4.69) is 22.0 Å². The second-order valence-corrected chi connectivity index (χ2v) is 11.1. The highest BCUT2D eigenvalue weighted by Gasteiger charge is 2.41. The minimum absolute atomic E-state index is 0.0857. The van der Waals surface area contributed by atoms with Gasteiger partial charge in [-0.15, -0.1) is 0 Å². The summed E-state index contributed by atoms with van der Waals surface area (Å²) in [6, 6.07) is 8.42. The molecule has 5 N–H and O–H groups in total. The molecule has 0 aliphatic carbocycles. The van der Waals surface area contributed by atoms with Gasteiger partial charge in [-0.05, 0) is 71.7 Å². The van der Waals surface area contributed by atoms with Crippen LogP contribution in [0.25, 0.3) is 5.57 Å². The van der Waals surface area contributed by atoms with Gasteiger partial charge in [-0.25, -0.2) is 9.18 Å². The third-order valence-corrected chi connectivity index (χ3v) is 8.14. The topological polar surface area (TPSA) is 123 Å². The first kappa shape index (κ1) is 29.5. The van der Waals surface area contributed by atoms with E-state index in [0.717, 1.165) is 0 Å². The zero-order chi connectivity index (χ0) is 31.5. The number of anilines is 2. The highest BCUT2D eigenvalue weighted by molar-refractivity contribution is 6.33. The molecule has 3 aliphatic rings. The van der Waals surface area contributed by atoms with Crippen molar-refractivity contribution in [3.63, 3.8) is 0 Å². The van der Waals surface area contributed by atoms with E-state index in [-0.39, 0.29) is 23.0 Å². The van der Waals surface area contributed by atoms with E-state index in [1.807, 2.05) is 0 Å². The Balaban J connectivity index is 1.59. The molecule has 2 atom stereocenters. The number of nitriles is 1. The number of allylic oxidation sites excluding steroid dienone is 3. The van der Waals surface area contributed by atoms with E-state index in [0.29, 0.717) is 63.2 Å². The van der Waals surface area contributed by atoms with Gasteiger partial charge in [-0.3, -0.25) is 9.69 Å². The fourth-order valence-corrected chi connectivity index (χ4v) is 6.08. The Hall–Kier alpha value is -4.57. The minimum atomic E-state index is -4.90. The largest absolute Gasteiger partial charge is 0.416 e. The molecule has 0 saturated heterocycles. The zero-order valence-electron chi connectivity index (χ0n) is 22.3. The van der Waals surface area contributed by atoms with Gasteiger partial charge in [-0.2, -0.15) is 18.4 Å². The van der Waals surface area contributed by atoms with Crippen molar-refractivity contribution in [1.82, 2.24) is 10.6 Å². The lowest BCUT2D eigenvalue weighted by Crippen LogP contribution is -2.46. The summed E-state index contributed by atoms with van der Waals surface area (Å²) in [5.74, 6) is -2.29. The van der Waals surface area contributed by atoms with Crippen molar-refractivity contribution in [2.75, 3.05) is 16.8 Å². The molecule has 6 rings (SSSR count). The predicted octanol–water partition coefficient (Wildman–Crippen LogP) is 6.26. The quantitative estimate of drug-likeness (QED) is 0.250. The molecule has 14 heteroatoms. The monoisotopic (exact) mass is 642 g/mol. The number of urea groups is 1. The number of halogens is 6. The van der Waals surface area contributed by atoms with Crippen LogP contribution in [0.2, 0.25) is 10.0 Å². The molecule has 3 amide bonds. The van der Waals surface area contributed by atoms with E-state index in [1.165, 1.54) is 4.90 Å². The fraction of sp³-hybridized carbons (Fsp3) is 0.167. The number of benzene rings is 3. The van der Waals surface area contributed by atoms with Crippen LogP contribution < -0.4 is 26.6 Å². The van der Waals surface area contributed by atoms with Crippen LogP contribution in [0.1, 0.15) is 44.2 Å². The molecule has 0 radical (unpaired) electrons. The Morgan fingerprint density at radius 3 is 2.64 bits per heavy atom. The van der Waals surface area contributed by atoms with Gasteiger partial charge in [-0.1, -0.05) is 29.3 Å². The first-order chi connectivity index (χ1) is 20.8. The van der Waals surface area contributed by atoms with Crippen LogP contribution >= 0.6 is 23.2 Å². The van der Waals surface area contributed by atoms with Crippen molar-refractivity contribution >= 4 is 52.1 Å². The highest BCUT2D eigenvalue weighted by Crippen LogP contribution is 2.49. The number of nitrogens with one attached hydrogen (secondary N) is 3. The van der Waals surface area contributed by atoms with E-state index in [9.17, 15) is 32.4 Å². The Morgan fingerprint density at radius 1 is 1.14 bits per heavy atom. The number of nitrogens with two attached hydrogens (primary N) is 1. The third-order valence-electron chi connectivity index (χ3n) is 7.56. The average Bonchev–Trinajstić information content (AvgIpc) is 3.42. The SMILES string of the molecule is N#CC1=C(c2cc(NC(=O)c3cc(F)cc(C(F)(F)F)c3)c3c4c2CCN4C(=O)N[C@H]3c2cc(Cl)ccc2Cl)C=CC(N)N1. The van der Waals surface area contributed by atoms with Gasteiger partial charge >= 0.3 is 12.2 Å². The first-order valence-electron chi connectivity index (χ1n) is 13.1. The van der Waals surface area contributed by atoms with Gasteiger partial charge in [0.05, 0.1) is 23.5 Å². The maximum atomic E-state index is 14.2. The van der Waals surface area contributed by atoms with Gasteiger partial charge < -0.3 is 21.7 Å². The second kappa shape index (κ2) is 10.9. The molecule has 0 bridgehead atoms. The number of carbonyl (C=O) groups is 2. The highest BCUT2D eigenvalue weighted by atomic mass is 35.5. The molecule has 0 saturated carbocycles. The maximum absolute atomic E-state index is 14.2. The van der Waals surface area contributed by atoms with Crippen LogP contribution in [-0.2, 0) is 12.6 Å². The lowest BCUT2D eigenvalue weighted by atomic mass is 9.86. The molecule has 3 aliphatic heterocycles. The summed E-state index contributed by atoms with van der Waals surface area (Å²) in [4.78, 5) is 28.3. The smallest absolute Gasteiger partial charge is 0.358 e. The molecule has 3 heterocycles. The number of carbonyl (C=O) groups excluding carboxylic acids is 2. The van der Waals surface area contributed by atoms with Crippen LogP contribution in [0.4, 0.5) is 33.7 Å². The molecule has 1 unspecified atom stereocenters. The molecule has 3 aromatic rings. The third kappa shape index (κ3) is 5.13. The molecule has 3 aromatic carbocycles. The van der Waals surface area contributed by atoms with Crippen LogP contribution in [0.3, 0.4) is 0 Å². The molecule has 0 spiro atoms. The van der Waals surface area contributed by atoms with Crippen molar-refractivity contribution in [1.29, 1.82) is 5.26 Å². The van der Waals surface area contributed by atoms with Gasteiger partial charge in [0.1, 0.15) is 17.6 Å². The lowest BCUT2D eigenvalue weighted by molar-refractivity contribution is -0.137. The summed E-state index contributed by atoms with van der Waals surface area (Å²) in [5.41, 5.74) is 7.06. The Labute approximate surface area is 257 Å². The van der Waals surface area contributed by atoms with Gasteiger partial charge in [0.2, 0.25) is 0 Å². The van der Waals surface area contributed by atoms with Gasteiger partial charge in [0.15, 0.2) is 0 Å². The first-order valence-corrected chi connectivity index (χ1v) is 13.9. The average molecular weight is 643 g/mol. The summed E-state index contributed by atoms with van der Waals surface area (Å²) >= 11 is 12.8. The van der Waals surface area contributed by atoms with E-state index in [1.54, 1.807) is 36.4 Å². The number of alkyl halides is 3. The molecule has 224 valence electrons. The minimum Gasteiger partial charge on any atom is -0.358 e. The van der Waals surface area contributed by atoms with Crippen LogP contribution in [0, 0.1) is 17.1 Å². The summed E-state index contributed by atoms with van der Waals surface area (Å²) in [6.45, 7) is 0.263. The van der Waals surface area contributed by atoms with E-state index < -0.39 is 47.3 Å². The number of rotatable bonds is 4. The molecule has 8 nitrogen and oxygen atoms in total. The van der Waals surface area contributed by atoms with Crippen LogP contribution in [0.15, 0.2) is 60.3 Å². The number of hydrogen-bond acceptors (Lipinski definition) is 5. The van der Waals surface area contributed by atoms with Gasteiger partial charge in [0, 0.05) is 39.0 Å². The van der Waals surface area contributed by atoms with Crippen molar-refractivity contribution in [3.05, 3.63) is 110 Å². The predicted molar refractivity (Wildman–Crippen MR) is 156 cm³/mol. The van der Waals surface area contributed by atoms with Crippen molar-refractivity contribution < 1.29 is 27.2 Å². The lowest BCUT2D eigenvalue weighted by Gasteiger charge is -2.35. The van der Waals surface area contributed by atoms with Crippen molar-refractivity contribution in [2.45, 2.75) is 24.8 Å². The summed E-state index contributed by atoms with van der Waals surface area (Å²) in [7, 11) is 0. The van der Waals surface area contributed by atoms with E-state index in [4.69, 9.17) is 28.9 Å². The Morgan fingerprint density at radius 2 is 1.91 bits per heavy atom. The fourth-order valence-electron chi connectivity index (χ4n) is 5.68. The van der Waals surface area contributed by atoms with Crippen molar-refractivity contribution in [3.8, 4) is 6.07 Å². The normalized spacial score (nSPS) is 18.9.